The second kappa shape index (κ2) is 5.13. The van der Waals surface area contributed by atoms with E-state index in [-0.39, 0.29) is 17.9 Å². The lowest BCUT2D eigenvalue weighted by Crippen LogP contribution is -2.47. The van der Waals surface area contributed by atoms with Gasteiger partial charge in [0.25, 0.3) is 5.69 Å². The van der Waals surface area contributed by atoms with Crippen LogP contribution in [0.2, 0.25) is 0 Å². The van der Waals surface area contributed by atoms with Gasteiger partial charge in [-0.1, -0.05) is 29.5 Å². The molecule has 0 aromatic heterocycles. The lowest BCUT2D eigenvalue weighted by atomic mass is 9.93. The molecule has 2 aromatic rings. The van der Waals surface area contributed by atoms with Crippen LogP contribution in [0.5, 0.6) is 0 Å². The highest BCUT2D eigenvalue weighted by molar-refractivity contribution is 5.52. The van der Waals surface area contributed by atoms with Crippen molar-refractivity contribution in [1.29, 1.82) is 0 Å². The van der Waals surface area contributed by atoms with E-state index in [9.17, 15) is 10.1 Å². The summed E-state index contributed by atoms with van der Waals surface area (Å²) < 4.78 is 0. The SMILES string of the molecule is CN1Cc2ccccc2[C@@H]2N=NN(c3ccc([N+](=O)[O-])cc3)[C@@H]21. The summed E-state index contributed by atoms with van der Waals surface area (Å²) in [6, 6.07) is 14.6. The number of nitro benzene ring substituents is 1. The van der Waals surface area contributed by atoms with Crippen LogP contribution in [-0.4, -0.2) is 23.0 Å². The minimum absolute atomic E-state index is 0.00800. The van der Waals surface area contributed by atoms with Gasteiger partial charge < -0.3 is 0 Å². The van der Waals surface area contributed by atoms with Crippen LogP contribution in [-0.2, 0) is 6.54 Å². The lowest BCUT2D eigenvalue weighted by molar-refractivity contribution is -0.384. The predicted octanol–water partition coefficient (Wildman–Crippen LogP) is 3.29. The molecule has 0 amide bonds. The highest BCUT2D eigenvalue weighted by Crippen LogP contribution is 2.41. The third kappa shape index (κ3) is 2.17. The molecule has 2 atom stereocenters. The topological polar surface area (TPSA) is 74.3 Å². The van der Waals surface area contributed by atoms with Gasteiger partial charge in [-0.25, -0.2) is 5.01 Å². The first-order valence-electron chi connectivity index (χ1n) is 7.37. The molecule has 2 aliphatic heterocycles. The molecule has 0 saturated heterocycles. The van der Waals surface area contributed by atoms with Crippen molar-refractivity contribution in [3.05, 3.63) is 69.8 Å². The van der Waals surface area contributed by atoms with Crippen LogP contribution < -0.4 is 5.01 Å². The van der Waals surface area contributed by atoms with E-state index in [2.05, 4.69) is 27.4 Å². The zero-order valence-electron chi connectivity index (χ0n) is 12.5. The number of hydrogen-bond acceptors (Lipinski definition) is 6. The van der Waals surface area contributed by atoms with Gasteiger partial charge in [0.05, 0.1) is 10.6 Å². The van der Waals surface area contributed by atoms with Crippen molar-refractivity contribution in [3.8, 4) is 0 Å². The number of benzene rings is 2. The predicted molar refractivity (Wildman–Crippen MR) is 84.9 cm³/mol. The average molecular weight is 309 g/mol. The second-order valence-corrected chi connectivity index (χ2v) is 5.80. The number of anilines is 1. The minimum Gasteiger partial charge on any atom is -0.278 e. The van der Waals surface area contributed by atoms with Crippen LogP contribution in [0.15, 0.2) is 58.9 Å². The van der Waals surface area contributed by atoms with Gasteiger partial charge in [0, 0.05) is 18.7 Å². The Labute approximate surface area is 133 Å². The first-order valence-corrected chi connectivity index (χ1v) is 7.37. The van der Waals surface area contributed by atoms with Gasteiger partial charge in [-0.2, -0.15) is 5.11 Å². The molecule has 7 heteroatoms. The number of non-ortho nitro benzene ring substituents is 1. The van der Waals surface area contributed by atoms with E-state index in [1.54, 1.807) is 12.1 Å². The quantitative estimate of drug-likeness (QED) is 0.630. The Balaban J connectivity index is 1.68. The molecular formula is C16H15N5O2. The number of hydrogen-bond donors (Lipinski definition) is 0. The van der Waals surface area contributed by atoms with Crippen LogP contribution in [0.4, 0.5) is 11.4 Å². The first kappa shape index (κ1) is 13.8. The average Bonchev–Trinajstić information content (AvgIpc) is 3.01. The monoisotopic (exact) mass is 309 g/mol. The van der Waals surface area contributed by atoms with E-state index in [0.29, 0.717) is 0 Å². The van der Waals surface area contributed by atoms with Crippen molar-refractivity contribution in [2.45, 2.75) is 18.8 Å². The Hall–Kier alpha value is -2.80. The Morgan fingerprint density at radius 2 is 1.91 bits per heavy atom. The van der Waals surface area contributed by atoms with E-state index in [1.165, 1.54) is 23.3 Å². The van der Waals surface area contributed by atoms with Crippen LogP contribution in [0.25, 0.3) is 0 Å². The maximum Gasteiger partial charge on any atom is 0.269 e. The van der Waals surface area contributed by atoms with Gasteiger partial charge >= 0.3 is 0 Å². The molecule has 2 aromatic carbocycles. The fourth-order valence-electron chi connectivity index (χ4n) is 3.27. The van der Waals surface area contributed by atoms with Crippen LogP contribution in [0.3, 0.4) is 0 Å². The number of likely N-dealkylation sites (N-methyl/N-ethyl adjacent to an activating group) is 1. The standard InChI is InChI=1S/C16H15N5O2/c1-19-10-11-4-2-3-5-14(11)15-16(19)20(18-17-15)12-6-8-13(9-7-12)21(22)23/h2-9,15-16H,10H2,1H3/t15-,16-/m0/s1. The molecule has 0 bridgehead atoms. The van der Waals surface area contributed by atoms with Crippen LogP contribution in [0.1, 0.15) is 17.2 Å². The molecule has 0 unspecified atom stereocenters. The maximum absolute atomic E-state index is 10.8. The normalized spacial score (nSPS) is 22.7. The fourth-order valence-corrected chi connectivity index (χ4v) is 3.27. The van der Waals surface area contributed by atoms with Crippen molar-refractivity contribution in [2.75, 3.05) is 12.1 Å². The van der Waals surface area contributed by atoms with Gasteiger partial charge in [0.15, 0.2) is 0 Å². The van der Waals surface area contributed by atoms with Crippen molar-refractivity contribution >= 4 is 11.4 Å². The number of nitro groups is 1. The number of fused-ring (bicyclic) bond motifs is 3. The fraction of sp³-hybridized carbons (Fsp3) is 0.250. The number of nitrogens with zero attached hydrogens (tertiary/aromatic N) is 5. The molecule has 7 nitrogen and oxygen atoms in total. The van der Waals surface area contributed by atoms with Gasteiger partial charge in [0.2, 0.25) is 0 Å². The Morgan fingerprint density at radius 1 is 1.17 bits per heavy atom. The summed E-state index contributed by atoms with van der Waals surface area (Å²) in [6.45, 7) is 0.825. The smallest absolute Gasteiger partial charge is 0.269 e. The molecule has 23 heavy (non-hydrogen) atoms. The Bertz CT molecular complexity index is 789. The summed E-state index contributed by atoms with van der Waals surface area (Å²) in [5.74, 6) is 0. The molecular weight excluding hydrogens is 294 g/mol. The molecule has 0 radical (unpaired) electrons. The molecule has 4 rings (SSSR count). The lowest BCUT2D eigenvalue weighted by Gasteiger charge is -2.38. The van der Waals surface area contributed by atoms with Crippen molar-refractivity contribution < 1.29 is 4.92 Å². The minimum atomic E-state index is -0.402. The van der Waals surface area contributed by atoms with E-state index in [0.717, 1.165) is 12.2 Å². The van der Waals surface area contributed by atoms with E-state index >= 15 is 0 Å². The van der Waals surface area contributed by atoms with E-state index in [4.69, 9.17) is 0 Å². The highest BCUT2D eigenvalue weighted by atomic mass is 16.6. The number of rotatable bonds is 2. The highest BCUT2D eigenvalue weighted by Gasteiger charge is 2.41. The molecule has 0 saturated carbocycles. The second-order valence-electron chi connectivity index (χ2n) is 5.80. The molecule has 0 aliphatic carbocycles. The first-order chi connectivity index (χ1) is 11.1. The molecule has 116 valence electrons. The van der Waals surface area contributed by atoms with Crippen LogP contribution >= 0.6 is 0 Å². The van der Waals surface area contributed by atoms with Crippen molar-refractivity contribution in [2.24, 2.45) is 10.3 Å². The summed E-state index contributed by atoms with van der Waals surface area (Å²) in [5.41, 5.74) is 3.34. The largest absolute Gasteiger partial charge is 0.278 e. The molecule has 2 heterocycles. The molecule has 2 aliphatic rings. The molecule has 0 spiro atoms. The van der Waals surface area contributed by atoms with Gasteiger partial charge in [0.1, 0.15) is 12.2 Å². The summed E-state index contributed by atoms with van der Waals surface area (Å²) in [7, 11) is 2.04. The third-order valence-electron chi connectivity index (χ3n) is 4.38. The summed E-state index contributed by atoms with van der Waals surface area (Å²) >= 11 is 0. The zero-order chi connectivity index (χ0) is 16.0. The van der Waals surface area contributed by atoms with E-state index < -0.39 is 4.92 Å². The molecule has 0 fully saturated rings. The third-order valence-corrected chi connectivity index (χ3v) is 4.38. The van der Waals surface area contributed by atoms with Crippen LogP contribution in [0, 0.1) is 10.1 Å². The summed E-state index contributed by atoms with van der Waals surface area (Å²) in [5, 5.41) is 21.4. The summed E-state index contributed by atoms with van der Waals surface area (Å²) in [4.78, 5) is 12.6. The molecule has 0 N–H and O–H groups in total. The Kier molecular flexibility index (Phi) is 3.09. The summed E-state index contributed by atoms with van der Waals surface area (Å²) in [6.07, 6.45) is -0.00800. The van der Waals surface area contributed by atoms with Crippen molar-refractivity contribution in [3.63, 3.8) is 0 Å². The Morgan fingerprint density at radius 3 is 2.65 bits per heavy atom. The van der Waals surface area contributed by atoms with Gasteiger partial charge in [-0.15, -0.1) is 0 Å². The van der Waals surface area contributed by atoms with Crippen molar-refractivity contribution in [1.82, 2.24) is 4.90 Å². The van der Waals surface area contributed by atoms with Gasteiger partial charge in [-0.05, 0) is 30.3 Å². The maximum atomic E-state index is 10.8. The van der Waals surface area contributed by atoms with Gasteiger partial charge in [-0.3, -0.25) is 15.0 Å². The van der Waals surface area contributed by atoms with E-state index in [1.807, 2.05) is 24.2 Å². The zero-order valence-corrected chi connectivity index (χ0v) is 12.5.